The molecule has 0 amide bonds. The van der Waals surface area contributed by atoms with Crippen molar-refractivity contribution < 1.29 is 9.90 Å². The van der Waals surface area contributed by atoms with Gasteiger partial charge in [-0.2, -0.15) is 0 Å². The summed E-state index contributed by atoms with van der Waals surface area (Å²) in [4.78, 5) is 12.8. The van der Waals surface area contributed by atoms with Gasteiger partial charge in [0.2, 0.25) is 0 Å². The maximum Gasteiger partial charge on any atom is 0.320 e. The molecule has 0 radical (unpaired) electrons. The number of carboxylic acids is 1. The third-order valence-corrected chi connectivity index (χ3v) is 3.42. The van der Waals surface area contributed by atoms with Gasteiger partial charge in [-0.15, -0.1) is 0 Å². The van der Waals surface area contributed by atoms with Crippen LogP contribution in [0.15, 0.2) is 0 Å². The van der Waals surface area contributed by atoms with Gasteiger partial charge in [0.15, 0.2) is 0 Å². The molecule has 0 aromatic carbocycles. The minimum atomic E-state index is -0.701. The van der Waals surface area contributed by atoms with Crippen molar-refractivity contribution in [1.82, 2.24) is 4.90 Å². The second-order valence-electron chi connectivity index (χ2n) is 4.63. The Labute approximate surface area is 86.1 Å². The van der Waals surface area contributed by atoms with E-state index in [9.17, 15) is 4.79 Å². The first-order valence-electron chi connectivity index (χ1n) is 5.49. The summed E-state index contributed by atoms with van der Waals surface area (Å²) >= 11 is 0. The Morgan fingerprint density at radius 1 is 1.29 bits per heavy atom. The summed E-state index contributed by atoms with van der Waals surface area (Å²) in [6, 6.07) is -0.317. The maximum absolute atomic E-state index is 10.8. The van der Waals surface area contributed by atoms with E-state index in [-0.39, 0.29) is 6.04 Å². The molecule has 1 saturated heterocycles. The summed E-state index contributed by atoms with van der Waals surface area (Å²) in [5.74, 6) is 0.817. The quantitative estimate of drug-likeness (QED) is 0.754. The Bertz CT molecular complexity index is 195. The van der Waals surface area contributed by atoms with Gasteiger partial charge in [0.25, 0.3) is 0 Å². The summed E-state index contributed by atoms with van der Waals surface area (Å²) in [5, 5.41) is 8.87. The van der Waals surface area contributed by atoms with Gasteiger partial charge in [-0.3, -0.25) is 9.69 Å². The molecule has 1 N–H and O–H groups in total. The van der Waals surface area contributed by atoms with E-state index in [1.807, 2.05) is 0 Å². The van der Waals surface area contributed by atoms with Gasteiger partial charge in [0.1, 0.15) is 6.04 Å². The SMILES string of the molecule is CC(C)C1CCN(C(C)C(=O)O)CC1. The first-order chi connectivity index (χ1) is 6.52. The topological polar surface area (TPSA) is 40.5 Å². The smallest absolute Gasteiger partial charge is 0.320 e. The van der Waals surface area contributed by atoms with Crippen molar-refractivity contribution in [2.75, 3.05) is 13.1 Å². The van der Waals surface area contributed by atoms with Gasteiger partial charge in [0.05, 0.1) is 0 Å². The molecule has 0 aromatic heterocycles. The number of aliphatic carboxylic acids is 1. The number of carbonyl (C=O) groups is 1. The number of nitrogens with zero attached hydrogens (tertiary/aromatic N) is 1. The molecule has 0 saturated carbocycles. The van der Waals surface area contributed by atoms with Crippen LogP contribution in [0.4, 0.5) is 0 Å². The molecule has 3 heteroatoms. The number of hydrogen-bond acceptors (Lipinski definition) is 2. The van der Waals surface area contributed by atoms with Crippen LogP contribution in [0.5, 0.6) is 0 Å². The van der Waals surface area contributed by atoms with E-state index in [0.29, 0.717) is 0 Å². The third kappa shape index (κ3) is 2.71. The summed E-state index contributed by atoms with van der Waals surface area (Å²) in [7, 11) is 0. The number of piperidine rings is 1. The summed E-state index contributed by atoms with van der Waals surface area (Å²) in [5.41, 5.74) is 0. The lowest BCUT2D eigenvalue weighted by Gasteiger charge is -2.35. The van der Waals surface area contributed by atoms with Crippen molar-refractivity contribution in [3.8, 4) is 0 Å². The second kappa shape index (κ2) is 4.78. The van der Waals surface area contributed by atoms with Crippen molar-refractivity contribution in [2.24, 2.45) is 11.8 Å². The van der Waals surface area contributed by atoms with Gasteiger partial charge in [0, 0.05) is 0 Å². The molecule has 0 aromatic rings. The van der Waals surface area contributed by atoms with E-state index >= 15 is 0 Å². The highest BCUT2D eigenvalue weighted by atomic mass is 16.4. The number of hydrogen-bond donors (Lipinski definition) is 1. The second-order valence-corrected chi connectivity index (χ2v) is 4.63. The van der Waals surface area contributed by atoms with Crippen molar-refractivity contribution >= 4 is 5.97 Å². The van der Waals surface area contributed by atoms with Gasteiger partial charge >= 0.3 is 5.97 Å². The van der Waals surface area contributed by atoms with E-state index in [4.69, 9.17) is 5.11 Å². The van der Waals surface area contributed by atoms with Crippen LogP contribution in [0.25, 0.3) is 0 Å². The molecule has 14 heavy (non-hydrogen) atoms. The van der Waals surface area contributed by atoms with Gasteiger partial charge < -0.3 is 5.11 Å². The van der Waals surface area contributed by atoms with Gasteiger partial charge in [-0.05, 0) is 44.7 Å². The predicted octanol–water partition coefficient (Wildman–Crippen LogP) is 1.83. The third-order valence-electron chi connectivity index (χ3n) is 3.42. The number of carboxylic acid groups (broad SMARTS) is 1. The zero-order chi connectivity index (χ0) is 10.7. The first kappa shape index (κ1) is 11.5. The van der Waals surface area contributed by atoms with E-state index in [2.05, 4.69) is 18.7 Å². The van der Waals surface area contributed by atoms with Crippen LogP contribution in [0.1, 0.15) is 33.6 Å². The Kier molecular flexibility index (Phi) is 3.93. The normalized spacial score (nSPS) is 22.6. The number of likely N-dealkylation sites (tertiary alicyclic amines) is 1. The molecule has 3 nitrogen and oxygen atoms in total. The molecule has 82 valence electrons. The fourth-order valence-electron chi connectivity index (χ4n) is 2.13. The van der Waals surface area contributed by atoms with Crippen molar-refractivity contribution in [1.29, 1.82) is 0 Å². The molecule has 0 spiro atoms. The maximum atomic E-state index is 10.8. The van der Waals surface area contributed by atoms with Crippen molar-refractivity contribution in [2.45, 2.75) is 39.7 Å². The van der Waals surface area contributed by atoms with Crippen LogP contribution in [0, 0.1) is 11.8 Å². The van der Waals surface area contributed by atoms with E-state index < -0.39 is 5.97 Å². The Morgan fingerprint density at radius 3 is 2.14 bits per heavy atom. The Morgan fingerprint density at radius 2 is 1.79 bits per heavy atom. The van der Waals surface area contributed by atoms with Crippen LogP contribution in [0.3, 0.4) is 0 Å². The van der Waals surface area contributed by atoms with Crippen LogP contribution in [0.2, 0.25) is 0 Å². The highest BCUT2D eigenvalue weighted by molar-refractivity contribution is 5.72. The lowest BCUT2D eigenvalue weighted by atomic mass is 9.86. The molecule has 1 atom stereocenters. The van der Waals surface area contributed by atoms with Gasteiger partial charge in [-0.25, -0.2) is 0 Å². The average molecular weight is 199 g/mol. The van der Waals surface area contributed by atoms with Crippen molar-refractivity contribution in [3.63, 3.8) is 0 Å². The molecular formula is C11H21NO2. The molecule has 0 bridgehead atoms. The highest BCUT2D eigenvalue weighted by Gasteiger charge is 2.27. The molecule has 1 aliphatic heterocycles. The molecule has 1 heterocycles. The fourth-order valence-corrected chi connectivity index (χ4v) is 2.13. The molecule has 1 aliphatic rings. The van der Waals surface area contributed by atoms with Crippen LogP contribution in [-0.4, -0.2) is 35.1 Å². The summed E-state index contributed by atoms with van der Waals surface area (Å²) in [6.07, 6.45) is 2.30. The Balaban J connectivity index is 2.39. The zero-order valence-electron chi connectivity index (χ0n) is 9.36. The number of rotatable bonds is 3. The average Bonchev–Trinajstić information content (AvgIpc) is 2.16. The van der Waals surface area contributed by atoms with Crippen molar-refractivity contribution in [3.05, 3.63) is 0 Å². The minimum Gasteiger partial charge on any atom is -0.480 e. The molecule has 1 fully saturated rings. The predicted molar refractivity (Wildman–Crippen MR) is 56.2 cm³/mol. The van der Waals surface area contributed by atoms with Crippen LogP contribution in [-0.2, 0) is 4.79 Å². The Hall–Kier alpha value is -0.570. The largest absolute Gasteiger partial charge is 0.480 e. The standard InChI is InChI=1S/C11H21NO2/c1-8(2)10-4-6-12(7-5-10)9(3)11(13)14/h8-10H,4-7H2,1-3H3,(H,13,14). The lowest BCUT2D eigenvalue weighted by Crippen LogP contribution is -2.44. The zero-order valence-corrected chi connectivity index (χ0v) is 9.36. The van der Waals surface area contributed by atoms with E-state index in [1.165, 1.54) is 0 Å². The monoisotopic (exact) mass is 199 g/mol. The van der Waals surface area contributed by atoms with Crippen LogP contribution >= 0.6 is 0 Å². The minimum absolute atomic E-state index is 0.317. The molecule has 1 unspecified atom stereocenters. The molecule has 1 rings (SSSR count). The highest BCUT2D eigenvalue weighted by Crippen LogP contribution is 2.25. The summed E-state index contributed by atoms with van der Waals surface area (Å²) < 4.78 is 0. The molecule has 0 aliphatic carbocycles. The molecular weight excluding hydrogens is 178 g/mol. The summed E-state index contributed by atoms with van der Waals surface area (Å²) in [6.45, 7) is 8.16. The van der Waals surface area contributed by atoms with E-state index in [1.54, 1.807) is 6.92 Å². The van der Waals surface area contributed by atoms with E-state index in [0.717, 1.165) is 37.8 Å². The first-order valence-corrected chi connectivity index (χ1v) is 5.49. The fraction of sp³-hybridized carbons (Fsp3) is 0.909. The lowest BCUT2D eigenvalue weighted by molar-refractivity contribution is -0.143. The van der Waals surface area contributed by atoms with Gasteiger partial charge in [-0.1, -0.05) is 13.8 Å². The van der Waals surface area contributed by atoms with Crippen LogP contribution < -0.4 is 0 Å².